The molecule has 0 spiro atoms. The lowest BCUT2D eigenvalue weighted by Crippen LogP contribution is -2.49. The molecule has 2 saturated heterocycles. The van der Waals surface area contributed by atoms with E-state index in [0.29, 0.717) is 24.3 Å². The summed E-state index contributed by atoms with van der Waals surface area (Å²) in [5.41, 5.74) is 0. The summed E-state index contributed by atoms with van der Waals surface area (Å²) >= 11 is 0. The zero-order valence-electron chi connectivity index (χ0n) is 11.2. The second-order valence-corrected chi connectivity index (χ2v) is 5.58. The first-order chi connectivity index (χ1) is 9.34. The lowest BCUT2D eigenvalue weighted by atomic mass is 9.84. The van der Waals surface area contributed by atoms with Gasteiger partial charge >= 0.3 is 5.97 Å². The molecule has 0 saturated carbocycles. The minimum atomic E-state index is -0.335. The minimum Gasteiger partial charge on any atom is -0.459 e. The fourth-order valence-electron chi connectivity index (χ4n) is 3.42. The number of hydrogen-bond acceptors (Lipinski definition) is 4. The molecule has 0 aliphatic carbocycles. The van der Waals surface area contributed by atoms with Gasteiger partial charge in [-0.05, 0) is 50.9 Å². The third-order valence-electron chi connectivity index (χ3n) is 4.38. The summed E-state index contributed by atoms with van der Waals surface area (Å²) in [6.45, 7) is 2.96. The van der Waals surface area contributed by atoms with Gasteiger partial charge in [-0.15, -0.1) is 0 Å². The van der Waals surface area contributed by atoms with Gasteiger partial charge in [0.1, 0.15) is 0 Å². The maximum atomic E-state index is 11.8. The topological polar surface area (TPSA) is 42.7 Å². The molecule has 1 aromatic rings. The van der Waals surface area contributed by atoms with Crippen LogP contribution < -0.4 is 0 Å². The zero-order valence-corrected chi connectivity index (χ0v) is 11.2. The van der Waals surface area contributed by atoms with E-state index in [9.17, 15) is 4.79 Å². The van der Waals surface area contributed by atoms with Crippen LogP contribution >= 0.6 is 0 Å². The van der Waals surface area contributed by atoms with Gasteiger partial charge in [-0.3, -0.25) is 4.90 Å². The molecule has 0 aromatic carbocycles. The van der Waals surface area contributed by atoms with Crippen LogP contribution in [0.25, 0.3) is 0 Å². The van der Waals surface area contributed by atoms with Crippen molar-refractivity contribution < 1.29 is 13.9 Å². The minimum absolute atomic E-state index is 0.302. The molecule has 0 amide bonds. The predicted molar refractivity (Wildman–Crippen MR) is 70.9 cm³/mol. The maximum Gasteiger partial charge on any atom is 0.374 e. The molecular weight excluding hydrogens is 242 g/mol. The summed E-state index contributed by atoms with van der Waals surface area (Å²) in [4.78, 5) is 14.4. The highest BCUT2D eigenvalue weighted by Gasteiger charge is 2.33. The van der Waals surface area contributed by atoms with Gasteiger partial charge < -0.3 is 9.15 Å². The molecule has 0 bridgehead atoms. The lowest BCUT2D eigenvalue weighted by Gasteiger charge is -2.44. The first kappa shape index (κ1) is 12.7. The summed E-state index contributed by atoms with van der Waals surface area (Å²) < 4.78 is 10.5. The number of carbonyl (C=O) groups is 1. The van der Waals surface area contributed by atoms with Crippen LogP contribution in [0.15, 0.2) is 22.8 Å². The van der Waals surface area contributed by atoms with Crippen molar-refractivity contribution in [1.82, 2.24) is 4.90 Å². The Morgan fingerprint density at radius 1 is 1.32 bits per heavy atom. The number of furan rings is 1. The van der Waals surface area contributed by atoms with Crippen LogP contribution in [-0.2, 0) is 4.74 Å². The van der Waals surface area contributed by atoms with Gasteiger partial charge in [0.05, 0.1) is 12.9 Å². The summed E-state index contributed by atoms with van der Waals surface area (Å²) in [6.07, 6.45) is 7.77. The fourth-order valence-corrected chi connectivity index (χ4v) is 3.42. The highest BCUT2D eigenvalue weighted by atomic mass is 16.5. The van der Waals surface area contributed by atoms with Gasteiger partial charge in [0.2, 0.25) is 5.76 Å². The summed E-state index contributed by atoms with van der Waals surface area (Å²) in [6, 6.07) is 3.97. The molecule has 0 N–H and O–H groups in total. The van der Waals surface area contributed by atoms with Crippen molar-refractivity contribution in [2.75, 3.05) is 19.7 Å². The number of rotatable bonds is 3. The quantitative estimate of drug-likeness (QED) is 0.786. The predicted octanol–water partition coefficient (Wildman–Crippen LogP) is 2.70. The Balaban J connectivity index is 1.55. The molecule has 2 atom stereocenters. The molecule has 2 aliphatic heterocycles. The third kappa shape index (κ3) is 2.84. The van der Waals surface area contributed by atoms with Crippen molar-refractivity contribution in [3.63, 3.8) is 0 Å². The SMILES string of the molecule is O=C(OC[C@H]1CCCN2CCCC[C@H]12)c1ccco1. The first-order valence-corrected chi connectivity index (χ1v) is 7.29. The van der Waals surface area contributed by atoms with Crippen LogP contribution in [0.4, 0.5) is 0 Å². The molecule has 4 nitrogen and oxygen atoms in total. The van der Waals surface area contributed by atoms with Gasteiger partial charge in [-0.25, -0.2) is 4.79 Å². The van der Waals surface area contributed by atoms with E-state index in [-0.39, 0.29) is 5.97 Å². The smallest absolute Gasteiger partial charge is 0.374 e. The summed E-state index contributed by atoms with van der Waals surface area (Å²) in [7, 11) is 0. The highest BCUT2D eigenvalue weighted by molar-refractivity contribution is 5.86. The van der Waals surface area contributed by atoms with Crippen molar-refractivity contribution in [2.24, 2.45) is 5.92 Å². The highest BCUT2D eigenvalue weighted by Crippen LogP contribution is 2.31. The third-order valence-corrected chi connectivity index (χ3v) is 4.38. The van der Waals surface area contributed by atoms with E-state index in [2.05, 4.69) is 4.90 Å². The standard InChI is InChI=1S/C15H21NO3/c17-15(14-7-4-10-18-14)19-11-12-5-3-9-16-8-2-1-6-13(12)16/h4,7,10,12-13H,1-3,5-6,8-9,11H2/t12-,13-/m1/s1. The van der Waals surface area contributed by atoms with E-state index in [4.69, 9.17) is 9.15 Å². The van der Waals surface area contributed by atoms with Crippen LogP contribution in [0.1, 0.15) is 42.7 Å². The normalized spacial score (nSPS) is 27.8. The molecule has 0 unspecified atom stereocenters. The Bertz CT molecular complexity index is 413. The molecule has 104 valence electrons. The van der Waals surface area contributed by atoms with Gasteiger partial charge in [-0.1, -0.05) is 6.42 Å². The van der Waals surface area contributed by atoms with Gasteiger partial charge in [0, 0.05) is 12.0 Å². The van der Waals surface area contributed by atoms with Crippen LogP contribution in [0.2, 0.25) is 0 Å². The number of fused-ring (bicyclic) bond motifs is 1. The molecule has 3 rings (SSSR count). The average Bonchev–Trinajstić information content (AvgIpc) is 2.99. The van der Waals surface area contributed by atoms with Gasteiger partial charge in [-0.2, -0.15) is 0 Å². The van der Waals surface area contributed by atoms with Crippen LogP contribution in [-0.4, -0.2) is 36.6 Å². The molecule has 19 heavy (non-hydrogen) atoms. The second-order valence-electron chi connectivity index (χ2n) is 5.58. The van der Waals surface area contributed by atoms with Crippen LogP contribution in [0.5, 0.6) is 0 Å². The van der Waals surface area contributed by atoms with Crippen LogP contribution in [0, 0.1) is 5.92 Å². The molecule has 3 heterocycles. The molecular formula is C15H21NO3. The van der Waals surface area contributed by atoms with E-state index in [1.54, 1.807) is 12.1 Å². The van der Waals surface area contributed by atoms with E-state index < -0.39 is 0 Å². The largest absolute Gasteiger partial charge is 0.459 e. The van der Waals surface area contributed by atoms with Crippen molar-refractivity contribution in [1.29, 1.82) is 0 Å². The Labute approximate surface area is 113 Å². The Hall–Kier alpha value is -1.29. The number of ether oxygens (including phenoxy) is 1. The molecule has 0 radical (unpaired) electrons. The molecule has 4 heteroatoms. The maximum absolute atomic E-state index is 11.8. The molecule has 2 fully saturated rings. The molecule has 1 aromatic heterocycles. The number of carbonyl (C=O) groups excluding carboxylic acids is 1. The molecule has 2 aliphatic rings. The number of piperidine rings is 2. The first-order valence-electron chi connectivity index (χ1n) is 7.29. The number of hydrogen-bond donors (Lipinski definition) is 0. The second kappa shape index (κ2) is 5.78. The van der Waals surface area contributed by atoms with Gasteiger partial charge in [0.25, 0.3) is 0 Å². The van der Waals surface area contributed by atoms with Crippen molar-refractivity contribution in [3.05, 3.63) is 24.2 Å². The monoisotopic (exact) mass is 263 g/mol. The van der Waals surface area contributed by atoms with Crippen molar-refractivity contribution in [3.8, 4) is 0 Å². The fraction of sp³-hybridized carbons (Fsp3) is 0.667. The van der Waals surface area contributed by atoms with E-state index in [0.717, 1.165) is 0 Å². The Morgan fingerprint density at radius 2 is 2.21 bits per heavy atom. The average molecular weight is 263 g/mol. The number of esters is 1. The Morgan fingerprint density at radius 3 is 3.05 bits per heavy atom. The van der Waals surface area contributed by atoms with Gasteiger partial charge in [0.15, 0.2) is 0 Å². The van der Waals surface area contributed by atoms with E-state index in [1.807, 2.05) is 0 Å². The summed E-state index contributed by atoms with van der Waals surface area (Å²) in [5, 5.41) is 0. The lowest BCUT2D eigenvalue weighted by molar-refractivity contribution is 0.00552. The zero-order chi connectivity index (χ0) is 13.1. The van der Waals surface area contributed by atoms with Crippen molar-refractivity contribution in [2.45, 2.75) is 38.1 Å². The van der Waals surface area contributed by atoms with Crippen LogP contribution in [0.3, 0.4) is 0 Å². The van der Waals surface area contributed by atoms with Crippen molar-refractivity contribution >= 4 is 5.97 Å². The Kier molecular flexibility index (Phi) is 3.87. The van der Waals surface area contributed by atoms with E-state index >= 15 is 0 Å². The number of nitrogens with zero attached hydrogens (tertiary/aromatic N) is 1. The van der Waals surface area contributed by atoms with E-state index in [1.165, 1.54) is 51.5 Å². The summed E-state index contributed by atoms with van der Waals surface area (Å²) in [5.74, 6) is 0.460.